The minimum absolute atomic E-state index is 0.00445. The SMILES string of the molecule is C[C@H](Cn1ccnc1)NC(=O)Cc1ccc(NC(=O)OC(C)(C)C)cc1. The highest BCUT2D eigenvalue weighted by Gasteiger charge is 2.16. The molecule has 2 rings (SSSR count). The van der Waals surface area contributed by atoms with E-state index in [9.17, 15) is 9.59 Å². The molecule has 1 atom stereocenters. The van der Waals surface area contributed by atoms with Gasteiger partial charge in [-0.05, 0) is 45.4 Å². The molecule has 7 nitrogen and oxygen atoms in total. The number of rotatable bonds is 6. The first-order chi connectivity index (χ1) is 12.2. The average molecular weight is 358 g/mol. The number of ether oxygens (including phenoxy) is 1. The smallest absolute Gasteiger partial charge is 0.412 e. The van der Waals surface area contributed by atoms with Crippen LogP contribution in [0.3, 0.4) is 0 Å². The number of carbonyl (C=O) groups excluding carboxylic acids is 2. The number of benzene rings is 1. The Morgan fingerprint density at radius 3 is 2.50 bits per heavy atom. The molecule has 0 aliphatic rings. The number of hydrogen-bond acceptors (Lipinski definition) is 4. The topological polar surface area (TPSA) is 85.3 Å². The van der Waals surface area contributed by atoms with Crippen molar-refractivity contribution in [3.8, 4) is 0 Å². The summed E-state index contributed by atoms with van der Waals surface area (Å²) in [7, 11) is 0. The summed E-state index contributed by atoms with van der Waals surface area (Å²) in [6.45, 7) is 8.04. The monoisotopic (exact) mass is 358 g/mol. The molecule has 140 valence electrons. The van der Waals surface area contributed by atoms with Crippen LogP contribution in [0.15, 0.2) is 43.0 Å². The van der Waals surface area contributed by atoms with E-state index in [0.29, 0.717) is 12.2 Å². The Bertz CT molecular complexity index is 718. The van der Waals surface area contributed by atoms with Gasteiger partial charge in [0.05, 0.1) is 12.7 Å². The van der Waals surface area contributed by atoms with Crippen LogP contribution in [0.25, 0.3) is 0 Å². The summed E-state index contributed by atoms with van der Waals surface area (Å²) >= 11 is 0. The number of hydrogen-bond donors (Lipinski definition) is 2. The Hall–Kier alpha value is -2.83. The molecule has 2 amide bonds. The summed E-state index contributed by atoms with van der Waals surface area (Å²) < 4.78 is 7.12. The molecule has 1 aromatic heterocycles. The molecule has 2 N–H and O–H groups in total. The largest absolute Gasteiger partial charge is 0.444 e. The van der Waals surface area contributed by atoms with E-state index in [-0.39, 0.29) is 18.4 Å². The van der Waals surface area contributed by atoms with Gasteiger partial charge in [-0.25, -0.2) is 9.78 Å². The van der Waals surface area contributed by atoms with Crippen molar-refractivity contribution in [2.24, 2.45) is 0 Å². The second-order valence-corrected chi connectivity index (χ2v) is 7.23. The van der Waals surface area contributed by atoms with Crippen LogP contribution in [0.2, 0.25) is 0 Å². The van der Waals surface area contributed by atoms with E-state index < -0.39 is 11.7 Å². The summed E-state index contributed by atoms with van der Waals surface area (Å²) in [5.41, 5.74) is 0.944. The van der Waals surface area contributed by atoms with Crippen molar-refractivity contribution in [3.63, 3.8) is 0 Å². The van der Waals surface area contributed by atoms with Crippen LogP contribution in [0.5, 0.6) is 0 Å². The lowest BCUT2D eigenvalue weighted by molar-refractivity contribution is -0.121. The molecule has 0 spiro atoms. The average Bonchev–Trinajstić information content (AvgIpc) is 2.99. The number of aromatic nitrogens is 2. The van der Waals surface area contributed by atoms with E-state index in [1.807, 2.05) is 50.6 Å². The summed E-state index contributed by atoms with van der Waals surface area (Å²) in [4.78, 5) is 27.9. The third-order valence-corrected chi connectivity index (χ3v) is 3.42. The van der Waals surface area contributed by atoms with Crippen LogP contribution < -0.4 is 10.6 Å². The van der Waals surface area contributed by atoms with Crippen molar-refractivity contribution in [3.05, 3.63) is 48.5 Å². The van der Waals surface area contributed by atoms with Crippen molar-refractivity contribution >= 4 is 17.7 Å². The number of nitrogens with zero attached hydrogens (tertiary/aromatic N) is 2. The summed E-state index contributed by atoms with van der Waals surface area (Å²) in [5, 5.41) is 5.63. The van der Waals surface area contributed by atoms with Gasteiger partial charge in [0.1, 0.15) is 5.60 Å². The molecule has 7 heteroatoms. The Balaban J connectivity index is 1.80. The first-order valence-electron chi connectivity index (χ1n) is 8.55. The Morgan fingerprint density at radius 1 is 1.23 bits per heavy atom. The normalized spacial score (nSPS) is 12.3. The second kappa shape index (κ2) is 8.51. The third kappa shape index (κ3) is 6.96. The molecule has 0 fully saturated rings. The van der Waals surface area contributed by atoms with Gasteiger partial charge in [-0.15, -0.1) is 0 Å². The third-order valence-electron chi connectivity index (χ3n) is 3.42. The van der Waals surface area contributed by atoms with Gasteiger partial charge in [-0.3, -0.25) is 10.1 Å². The molecule has 0 aliphatic heterocycles. The minimum Gasteiger partial charge on any atom is -0.444 e. The van der Waals surface area contributed by atoms with Crippen molar-refractivity contribution in [1.82, 2.24) is 14.9 Å². The molecule has 0 radical (unpaired) electrons. The van der Waals surface area contributed by atoms with Crippen LogP contribution in [-0.2, 0) is 22.5 Å². The lowest BCUT2D eigenvalue weighted by atomic mass is 10.1. The first-order valence-corrected chi connectivity index (χ1v) is 8.55. The van der Waals surface area contributed by atoms with Crippen LogP contribution in [0, 0.1) is 0 Å². The highest BCUT2D eigenvalue weighted by atomic mass is 16.6. The fraction of sp³-hybridized carbons (Fsp3) is 0.421. The first kappa shape index (κ1) is 19.5. The number of anilines is 1. The van der Waals surface area contributed by atoms with Crippen molar-refractivity contribution < 1.29 is 14.3 Å². The molecule has 0 aliphatic carbocycles. The number of imidazole rings is 1. The summed E-state index contributed by atoms with van der Waals surface area (Å²) in [6.07, 6.45) is 5.07. The zero-order chi connectivity index (χ0) is 19.2. The van der Waals surface area contributed by atoms with Gasteiger partial charge in [0, 0.05) is 30.7 Å². The highest BCUT2D eigenvalue weighted by molar-refractivity contribution is 5.85. The quantitative estimate of drug-likeness (QED) is 0.831. The zero-order valence-electron chi connectivity index (χ0n) is 15.7. The zero-order valence-corrected chi connectivity index (χ0v) is 15.7. The highest BCUT2D eigenvalue weighted by Crippen LogP contribution is 2.13. The van der Waals surface area contributed by atoms with Crippen molar-refractivity contribution in [2.45, 2.75) is 52.3 Å². The van der Waals surface area contributed by atoms with Gasteiger partial charge in [0.25, 0.3) is 0 Å². The van der Waals surface area contributed by atoms with Crippen molar-refractivity contribution in [1.29, 1.82) is 0 Å². The molecule has 2 aromatic rings. The van der Waals surface area contributed by atoms with E-state index in [1.54, 1.807) is 24.7 Å². The van der Waals surface area contributed by atoms with Gasteiger partial charge in [0.15, 0.2) is 0 Å². The van der Waals surface area contributed by atoms with Crippen LogP contribution in [0.4, 0.5) is 10.5 Å². The molecule has 0 saturated heterocycles. The molecule has 0 saturated carbocycles. The van der Waals surface area contributed by atoms with E-state index in [4.69, 9.17) is 4.74 Å². The Kier molecular flexibility index (Phi) is 6.38. The van der Waals surface area contributed by atoms with E-state index in [2.05, 4.69) is 15.6 Å². The fourth-order valence-electron chi connectivity index (χ4n) is 2.40. The van der Waals surface area contributed by atoms with Gasteiger partial charge in [0.2, 0.25) is 5.91 Å². The van der Waals surface area contributed by atoms with Crippen LogP contribution in [0.1, 0.15) is 33.3 Å². The molecular weight excluding hydrogens is 332 g/mol. The van der Waals surface area contributed by atoms with Gasteiger partial charge < -0.3 is 14.6 Å². The maximum absolute atomic E-state index is 12.1. The van der Waals surface area contributed by atoms with Gasteiger partial charge in [-0.2, -0.15) is 0 Å². The van der Waals surface area contributed by atoms with E-state index in [0.717, 1.165) is 5.56 Å². The predicted molar refractivity (Wildman–Crippen MR) is 99.8 cm³/mol. The maximum atomic E-state index is 12.1. The van der Waals surface area contributed by atoms with E-state index >= 15 is 0 Å². The van der Waals surface area contributed by atoms with Crippen molar-refractivity contribution in [2.75, 3.05) is 5.32 Å². The lowest BCUT2D eigenvalue weighted by Crippen LogP contribution is -2.36. The van der Waals surface area contributed by atoms with Crippen LogP contribution >= 0.6 is 0 Å². The number of amides is 2. The molecule has 0 unspecified atom stereocenters. The Labute approximate surface area is 153 Å². The second-order valence-electron chi connectivity index (χ2n) is 7.23. The predicted octanol–water partition coefficient (Wildman–Crippen LogP) is 2.98. The maximum Gasteiger partial charge on any atom is 0.412 e. The Morgan fingerprint density at radius 2 is 1.92 bits per heavy atom. The molecule has 0 bridgehead atoms. The lowest BCUT2D eigenvalue weighted by Gasteiger charge is -2.19. The number of carbonyl (C=O) groups is 2. The molecular formula is C19H26N4O3. The number of nitrogens with one attached hydrogen (secondary N) is 2. The minimum atomic E-state index is -0.546. The van der Waals surface area contributed by atoms with Gasteiger partial charge >= 0.3 is 6.09 Å². The van der Waals surface area contributed by atoms with E-state index in [1.165, 1.54) is 0 Å². The molecule has 26 heavy (non-hydrogen) atoms. The molecule has 1 aromatic carbocycles. The molecule has 1 heterocycles. The standard InChI is InChI=1S/C19H26N4O3/c1-14(12-23-10-9-20-13-23)21-17(24)11-15-5-7-16(8-6-15)22-18(25)26-19(2,3)4/h5-10,13-14H,11-12H2,1-4H3,(H,21,24)(H,22,25)/t14-/m1/s1. The van der Waals surface area contributed by atoms with Crippen LogP contribution in [-0.4, -0.2) is 33.2 Å². The fourth-order valence-corrected chi connectivity index (χ4v) is 2.40. The van der Waals surface area contributed by atoms with Gasteiger partial charge in [-0.1, -0.05) is 12.1 Å². The summed E-state index contributed by atoms with van der Waals surface area (Å²) in [5.74, 6) is -0.0505. The summed E-state index contributed by atoms with van der Waals surface area (Å²) in [6, 6.07) is 7.13.